The van der Waals surface area contributed by atoms with Crippen molar-refractivity contribution in [3.8, 4) is 0 Å². The van der Waals surface area contributed by atoms with Gasteiger partial charge in [0.15, 0.2) is 5.11 Å². The van der Waals surface area contributed by atoms with Crippen LogP contribution in [-0.2, 0) is 9.59 Å². The zero-order chi connectivity index (χ0) is 9.56. The van der Waals surface area contributed by atoms with E-state index < -0.39 is 11.8 Å². The zero-order valence-electron chi connectivity index (χ0n) is 6.29. The van der Waals surface area contributed by atoms with E-state index in [2.05, 4.69) is 36.0 Å². The quantitative estimate of drug-likeness (QED) is 0.464. The highest BCUT2D eigenvalue weighted by Crippen LogP contribution is 1.72. The molecule has 64 valence electrons. The lowest BCUT2D eigenvalue weighted by Gasteiger charge is -2.02. The second kappa shape index (κ2) is 5.20. The number of thiocarbonyl (C=S) groups is 1. The van der Waals surface area contributed by atoms with Crippen molar-refractivity contribution in [3.63, 3.8) is 0 Å². The van der Waals surface area contributed by atoms with Crippen molar-refractivity contribution >= 4 is 29.1 Å². The van der Waals surface area contributed by atoms with Crippen molar-refractivity contribution in [1.29, 1.82) is 0 Å². The third-order valence-electron chi connectivity index (χ3n) is 0.844. The average Bonchev–Trinajstić information content (AvgIpc) is 2.03. The Bertz CT molecular complexity index is 224. The Morgan fingerprint density at radius 1 is 1.08 bits per heavy atom. The molecule has 0 aliphatic heterocycles. The van der Waals surface area contributed by atoms with E-state index in [1.54, 1.807) is 0 Å². The van der Waals surface area contributed by atoms with Crippen LogP contribution < -0.4 is 10.6 Å². The summed E-state index contributed by atoms with van der Waals surface area (Å²) in [5, 5.41) is 4.31. The van der Waals surface area contributed by atoms with Crippen LogP contribution in [0, 0.1) is 0 Å². The maximum absolute atomic E-state index is 10.6. The summed E-state index contributed by atoms with van der Waals surface area (Å²) < 4.78 is 0. The summed E-state index contributed by atoms with van der Waals surface area (Å²) in [6, 6.07) is 0. The molecule has 0 aliphatic carbocycles. The number of hydrogen-bond acceptors (Lipinski definition) is 3. The topological polar surface area (TPSA) is 58.2 Å². The molecule has 0 atom stereocenters. The highest BCUT2D eigenvalue weighted by molar-refractivity contribution is 7.80. The van der Waals surface area contributed by atoms with Crippen LogP contribution in [0.2, 0.25) is 0 Å². The minimum absolute atomic E-state index is 0.0650. The first-order valence-electron chi connectivity index (χ1n) is 3.01. The molecule has 0 bridgehead atoms. The molecule has 0 unspecified atom stereocenters. The van der Waals surface area contributed by atoms with Crippen molar-refractivity contribution < 1.29 is 9.59 Å². The van der Waals surface area contributed by atoms with E-state index in [0.29, 0.717) is 0 Å². The summed E-state index contributed by atoms with van der Waals surface area (Å²) in [4.78, 5) is 21.2. The van der Waals surface area contributed by atoms with Crippen LogP contribution in [-0.4, -0.2) is 16.9 Å². The van der Waals surface area contributed by atoms with Crippen molar-refractivity contribution in [3.05, 3.63) is 25.3 Å². The van der Waals surface area contributed by atoms with Crippen molar-refractivity contribution in [2.45, 2.75) is 0 Å². The molecule has 0 aliphatic rings. The molecule has 0 aromatic carbocycles. The van der Waals surface area contributed by atoms with Crippen molar-refractivity contribution in [1.82, 2.24) is 10.6 Å². The average molecular weight is 184 g/mol. The van der Waals surface area contributed by atoms with Crippen LogP contribution >= 0.6 is 12.2 Å². The number of amides is 2. The zero-order valence-corrected chi connectivity index (χ0v) is 7.11. The third kappa shape index (κ3) is 4.35. The predicted molar refractivity (Wildman–Crippen MR) is 49.3 cm³/mol. The van der Waals surface area contributed by atoms with E-state index in [1.165, 1.54) is 0 Å². The molecule has 0 saturated heterocycles. The van der Waals surface area contributed by atoms with Crippen molar-refractivity contribution in [2.24, 2.45) is 0 Å². The first-order chi connectivity index (χ1) is 5.60. The van der Waals surface area contributed by atoms with Gasteiger partial charge in [0.2, 0.25) is 11.8 Å². The second-order valence-corrected chi connectivity index (χ2v) is 2.12. The van der Waals surface area contributed by atoms with Crippen LogP contribution in [0.3, 0.4) is 0 Å². The van der Waals surface area contributed by atoms with Gasteiger partial charge in [-0.05, 0) is 24.4 Å². The van der Waals surface area contributed by atoms with Gasteiger partial charge in [-0.3, -0.25) is 20.2 Å². The molecular formula is C7H8N2O2S. The van der Waals surface area contributed by atoms with Gasteiger partial charge in [-0.15, -0.1) is 0 Å². The summed E-state index contributed by atoms with van der Waals surface area (Å²) in [5.41, 5.74) is 0. The Labute approximate surface area is 75.3 Å². The Kier molecular flexibility index (Phi) is 4.55. The van der Waals surface area contributed by atoms with Crippen LogP contribution in [0.15, 0.2) is 25.3 Å². The summed E-state index contributed by atoms with van der Waals surface area (Å²) in [5.74, 6) is -0.936. The normalized spacial score (nSPS) is 8.00. The number of hydrogen-bond donors (Lipinski definition) is 2. The lowest BCUT2D eigenvalue weighted by molar-refractivity contribution is -0.115. The van der Waals surface area contributed by atoms with Crippen LogP contribution in [0.25, 0.3) is 0 Å². The van der Waals surface area contributed by atoms with Gasteiger partial charge < -0.3 is 0 Å². The Morgan fingerprint density at radius 3 is 1.67 bits per heavy atom. The maximum Gasteiger partial charge on any atom is 0.249 e. The minimum atomic E-state index is -0.468. The van der Waals surface area contributed by atoms with E-state index >= 15 is 0 Å². The smallest absolute Gasteiger partial charge is 0.249 e. The molecule has 5 heteroatoms. The number of carbonyl (C=O) groups is 2. The Hall–Kier alpha value is -1.49. The molecule has 0 radical (unpaired) electrons. The molecule has 12 heavy (non-hydrogen) atoms. The maximum atomic E-state index is 10.6. The molecule has 2 amide bonds. The fourth-order valence-corrected chi connectivity index (χ4v) is 0.558. The highest BCUT2D eigenvalue weighted by Gasteiger charge is 2.01. The molecule has 0 heterocycles. The molecule has 0 aromatic rings. The van der Waals surface area contributed by atoms with Gasteiger partial charge in [0, 0.05) is 0 Å². The van der Waals surface area contributed by atoms with Gasteiger partial charge in [0.25, 0.3) is 0 Å². The van der Waals surface area contributed by atoms with Gasteiger partial charge in [-0.1, -0.05) is 13.2 Å². The minimum Gasteiger partial charge on any atom is -0.299 e. The standard InChI is InChI=1S/C7H8N2O2S/c1-3-5(10)8-7(12)9-6(11)4-2/h3-4H,1-2H2,(H2,8,9,10,11,12). The summed E-state index contributed by atoms with van der Waals surface area (Å²) in [6.07, 6.45) is 2.10. The van der Waals surface area contributed by atoms with E-state index in [-0.39, 0.29) is 5.11 Å². The van der Waals surface area contributed by atoms with Gasteiger partial charge in [0.1, 0.15) is 0 Å². The summed E-state index contributed by atoms with van der Waals surface area (Å²) in [6.45, 7) is 6.42. The largest absolute Gasteiger partial charge is 0.299 e. The van der Waals surface area contributed by atoms with E-state index in [0.717, 1.165) is 12.2 Å². The molecular weight excluding hydrogens is 176 g/mol. The number of nitrogens with one attached hydrogen (secondary N) is 2. The fraction of sp³-hybridized carbons (Fsp3) is 0. The van der Waals surface area contributed by atoms with Gasteiger partial charge >= 0.3 is 0 Å². The summed E-state index contributed by atoms with van der Waals surface area (Å²) >= 11 is 4.58. The van der Waals surface area contributed by atoms with Crippen molar-refractivity contribution in [2.75, 3.05) is 0 Å². The van der Waals surface area contributed by atoms with E-state index in [9.17, 15) is 9.59 Å². The first kappa shape index (κ1) is 10.5. The number of rotatable bonds is 2. The van der Waals surface area contributed by atoms with Gasteiger partial charge in [-0.2, -0.15) is 0 Å². The van der Waals surface area contributed by atoms with Crippen LogP contribution in [0.1, 0.15) is 0 Å². The molecule has 0 fully saturated rings. The van der Waals surface area contributed by atoms with Gasteiger partial charge in [0.05, 0.1) is 0 Å². The predicted octanol–water partition coefficient (Wildman–Crippen LogP) is -0.124. The lowest BCUT2D eigenvalue weighted by Crippen LogP contribution is -2.40. The molecule has 4 nitrogen and oxygen atoms in total. The molecule has 0 spiro atoms. The Morgan fingerprint density at radius 2 is 1.42 bits per heavy atom. The second-order valence-electron chi connectivity index (χ2n) is 1.72. The van der Waals surface area contributed by atoms with Crippen LogP contribution in [0.5, 0.6) is 0 Å². The third-order valence-corrected chi connectivity index (χ3v) is 1.05. The highest BCUT2D eigenvalue weighted by atomic mass is 32.1. The molecule has 0 aromatic heterocycles. The lowest BCUT2D eigenvalue weighted by atomic mass is 10.5. The number of carbonyl (C=O) groups excluding carboxylic acids is 2. The van der Waals surface area contributed by atoms with Gasteiger partial charge in [-0.25, -0.2) is 0 Å². The monoisotopic (exact) mass is 184 g/mol. The molecule has 0 saturated carbocycles. The Balaban J connectivity index is 3.89. The fourth-order valence-electron chi connectivity index (χ4n) is 0.357. The van der Waals surface area contributed by atoms with Crippen LogP contribution in [0.4, 0.5) is 0 Å². The SMILES string of the molecule is C=CC(=O)NC(=S)NC(=O)C=C. The van der Waals surface area contributed by atoms with E-state index in [4.69, 9.17) is 0 Å². The summed E-state index contributed by atoms with van der Waals surface area (Å²) in [7, 11) is 0. The molecule has 0 rings (SSSR count). The molecule has 2 N–H and O–H groups in total. The van der Waals surface area contributed by atoms with E-state index in [1.807, 2.05) is 0 Å². The first-order valence-corrected chi connectivity index (χ1v) is 3.41.